The summed E-state index contributed by atoms with van der Waals surface area (Å²) < 4.78 is 2.08. The van der Waals surface area contributed by atoms with Gasteiger partial charge in [0.1, 0.15) is 0 Å². The molecule has 0 atom stereocenters. The van der Waals surface area contributed by atoms with Crippen LogP contribution < -0.4 is 0 Å². The van der Waals surface area contributed by atoms with Crippen LogP contribution >= 0.6 is 8.19 Å². The molecule has 0 radical (unpaired) electrons. The number of aryl methyl sites for hydroxylation is 1. The highest BCUT2D eigenvalue weighted by atomic mass is 31.0. The van der Waals surface area contributed by atoms with Gasteiger partial charge in [0.15, 0.2) is 0 Å². The second-order valence-corrected chi connectivity index (χ2v) is 6.27. The van der Waals surface area contributed by atoms with E-state index in [1.165, 1.54) is 13.6 Å². The summed E-state index contributed by atoms with van der Waals surface area (Å²) >= 11 is 0. The Hall–Kier alpha value is -1.14. The first-order valence-corrected chi connectivity index (χ1v) is 6.37. The summed E-state index contributed by atoms with van der Waals surface area (Å²) in [6, 6.07) is 10.3. The monoisotopic (exact) mass is 232 g/mol. The standard InChI is InChI=1S/C13H17N2P/c1-10-14-15(11-8-6-5-7-9-11)12(16-10)13(2,3)4/h5-9H,1-4H3. The molecule has 0 aliphatic carbocycles. The maximum absolute atomic E-state index is 4.61. The number of para-hydroxylation sites is 1. The molecule has 0 aliphatic rings. The van der Waals surface area contributed by atoms with E-state index in [1.54, 1.807) is 0 Å². The highest BCUT2D eigenvalue weighted by Gasteiger charge is 2.21. The molecule has 0 N–H and O–H groups in total. The van der Waals surface area contributed by atoms with Gasteiger partial charge in [0.05, 0.1) is 16.5 Å². The molecule has 0 saturated carbocycles. The van der Waals surface area contributed by atoms with E-state index in [1.807, 2.05) is 6.07 Å². The van der Waals surface area contributed by atoms with Crippen molar-refractivity contribution in [1.82, 2.24) is 9.78 Å². The van der Waals surface area contributed by atoms with Crippen molar-refractivity contribution < 1.29 is 0 Å². The number of rotatable bonds is 1. The zero-order valence-electron chi connectivity index (χ0n) is 10.2. The number of aromatic nitrogens is 2. The highest BCUT2D eigenvalue weighted by Crippen LogP contribution is 2.33. The largest absolute Gasteiger partial charge is 0.232 e. The maximum Gasteiger partial charge on any atom is 0.0868 e. The first-order chi connectivity index (χ1) is 7.48. The van der Waals surface area contributed by atoms with Crippen LogP contribution in [-0.2, 0) is 5.41 Å². The highest BCUT2D eigenvalue weighted by molar-refractivity contribution is 7.31. The third-order valence-corrected chi connectivity index (χ3v) is 3.87. The van der Waals surface area contributed by atoms with E-state index >= 15 is 0 Å². The first-order valence-electron chi connectivity index (χ1n) is 5.48. The van der Waals surface area contributed by atoms with Gasteiger partial charge in [-0.25, -0.2) is 4.68 Å². The fraction of sp³-hybridized carbons (Fsp3) is 0.385. The van der Waals surface area contributed by atoms with Crippen LogP contribution in [0.3, 0.4) is 0 Å². The van der Waals surface area contributed by atoms with Gasteiger partial charge in [-0.05, 0) is 27.2 Å². The molecular weight excluding hydrogens is 215 g/mol. The second-order valence-electron chi connectivity index (χ2n) is 4.98. The molecule has 2 nitrogen and oxygen atoms in total. The lowest BCUT2D eigenvalue weighted by Crippen LogP contribution is -2.16. The van der Waals surface area contributed by atoms with Crippen molar-refractivity contribution in [3.05, 3.63) is 41.2 Å². The molecule has 16 heavy (non-hydrogen) atoms. The lowest BCUT2D eigenvalue weighted by Gasteiger charge is -2.19. The van der Waals surface area contributed by atoms with Gasteiger partial charge in [-0.15, -0.1) is 0 Å². The molecule has 0 bridgehead atoms. The van der Waals surface area contributed by atoms with Crippen LogP contribution in [0.4, 0.5) is 0 Å². The zero-order chi connectivity index (χ0) is 11.8. The Morgan fingerprint density at radius 2 is 1.75 bits per heavy atom. The van der Waals surface area contributed by atoms with Crippen LogP contribution in [0.25, 0.3) is 5.69 Å². The van der Waals surface area contributed by atoms with Gasteiger partial charge in [0.2, 0.25) is 0 Å². The summed E-state index contributed by atoms with van der Waals surface area (Å²) in [7, 11) is 1.25. The molecule has 0 spiro atoms. The third kappa shape index (κ3) is 2.17. The molecule has 84 valence electrons. The molecule has 0 fully saturated rings. The minimum atomic E-state index is 0.151. The van der Waals surface area contributed by atoms with Crippen molar-refractivity contribution in [3.8, 4) is 5.69 Å². The average molecular weight is 232 g/mol. The Bertz CT molecular complexity index is 480. The van der Waals surface area contributed by atoms with Gasteiger partial charge >= 0.3 is 0 Å². The molecule has 0 aliphatic heterocycles. The minimum absolute atomic E-state index is 0.151. The van der Waals surface area contributed by atoms with Gasteiger partial charge in [-0.2, -0.15) is 5.10 Å². The smallest absolute Gasteiger partial charge is 0.0868 e. The Morgan fingerprint density at radius 1 is 1.12 bits per heavy atom. The zero-order valence-corrected chi connectivity index (χ0v) is 11.1. The molecule has 2 aromatic rings. The van der Waals surface area contributed by atoms with E-state index in [0.717, 1.165) is 11.1 Å². The Morgan fingerprint density at radius 3 is 2.31 bits per heavy atom. The summed E-state index contributed by atoms with van der Waals surface area (Å²) in [5.41, 5.74) is 3.81. The van der Waals surface area contributed by atoms with Crippen molar-refractivity contribution >= 4 is 8.19 Å². The van der Waals surface area contributed by atoms with Crippen molar-refractivity contribution in [3.63, 3.8) is 0 Å². The lowest BCUT2D eigenvalue weighted by atomic mass is 9.98. The first kappa shape index (κ1) is 11.3. The van der Waals surface area contributed by atoms with Crippen LogP contribution in [0.2, 0.25) is 0 Å². The molecule has 3 heteroatoms. The van der Waals surface area contributed by atoms with Crippen LogP contribution in [0.15, 0.2) is 30.3 Å². The van der Waals surface area contributed by atoms with E-state index in [9.17, 15) is 0 Å². The van der Waals surface area contributed by atoms with Crippen molar-refractivity contribution in [1.29, 1.82) is 0 Å². The summed E-state index contributed by atoms with van der Waals surface area (Å²) in [6.07, 6.45) is 0. The average Bonchev–Trinajstić information content (AvgIpc) is 2.61. The topological polar surface area (TPSA) is 17.8 Å². The van der Waals surface area contributed by atoms with Crippen molar-refractivity contribution in [2.24, 2.45) is 0 Å². The number of nitrogens with zero attached hydrogens (tertiary/aromatic N) is 2. The maximum atomic E-state index is 4.61. The lowest BCUT2D eigenvalue weighted by molar-refractivity contribution is 0.554. The number of hydrogen-bond acceptors (Lipinski definition) is 1. The van der Waals surface area contributed by atoms with E-state index in [0.29, 0.717) is 0 Å². The summed E-state index contributed by atoms with van der Waals surface area (Å²) in [5.74, 6) is 0. The molecule has 1 heterocycles. The van der Waals surface area contributed by atoms with Crippen LogP contribution in [0.1, 0.15) is 31.6 Å². The van der Waals surface area contributed by atoms with Gasteiger partial charge in [-0.1, -0.05) is 39.0 Å². The second kappa shape index (κ2) is 4.03. The molecule has 0 saturated heterocycles. The molecule has 0 amide bonds. The van der Waals surface area contributed by atoms with Crippen LogP contribution in [0.5, 0.6) is 0 Å². The van der Waals surface area contributed by atoms with Gasteiger partial charge in [-0.3, -0.25) is 0 Å². The predicted octanol–water partition coefficient (Wildman–Crippen LogP) is 4.06. The number of hydrogen-bond donors (Lipinski definition) is 0. The molecular formula is C13H17N2P. The Balaban J connectivity index is 2.58. The van der Waals surface area contributed by atoms with Gasteiger partial charge < -0.3 is 0 Å². The minimum Gasteiger partial charge on any atom is -0.232 e. The van der Waals surface area contributed by atoms with E-state index < -0.39 is 0 Å². The fourth-order valence-electron chi connectivity index (χ4n) is 1.65. The van der Waals surface area contributed by atoms with E-state index in [-0.39, 0.29) is 5.41 Å². The summed E-state index contributed by atoms with van der Waals surface area (Å²) in [4.78, 5) is 0. The van der Waals surface area contributed by atoms with Crippen molar-refractivity contribution in [2.75, 3.05) is 0 Å². The van der Waals surface area contributed by atoms with E-state index in [2.05, 4.69) is 61.7 Å². The predicted molar refractivity (Wildman–Crippen MR) is 69.5 cm³/mol. The summed E-state index contributed by atoms with van der Waals surface area (Å²) in [5, 5.41) is 4.61. The van der Waals surface area contributed by atoms with Crippen LogP contribution in [-0.4, -0.2) is 9.78 Å². The van der Waals surface area contributed by atoms with Crippen molar-refractivity contribution in [2.45, 2.75) is 33.1 Å². The third-order valence-electron chi connectivity index (χ3n) is 2.38. The quantitative estimate of drug-likeness (QED) is 0.725. The molecule has 2 rings (SSSR count). The normalized spacial score (nSPS) is 12.2. The molecule has 1 aromatic carbocycles. The molecule has 0 unspecified atom stereocenters. The SMILES string of the molecule is Cc1nn(-c2ccccc2)c(C(C)(C)C)p1. The van der Waals surface area contributed by atoms with Crippen LogP contribution in [0, 0.1) is 6.92 Å². The van der Waals surface area contributed by atoms with E-state index in [4.69, 9.17) is 0 Å². The van der Waals surface area contributed by atoms with Gasteiger partial charge in [0, 0.05) is 5.41 Å². The van der Waals surface area contributed by atoms with Gasteiger partial charge in [0.25, 0.3) is 0 Å². The Labute approximate surface area is 98.4 Å². The Kier molecular flexibility index (Phi) is 2.86. The fourth-order valence-corrected chi connectivity index (χ4v) is 2.68. The summed E-state index contributed by atoms with van der Waals surface area (Å²) in [6.45, 7) is 8.79. The number of benzene rings is 1. The molecule has 1 aromatic heterocycles.